The van der Waals surface area contributed by atoms with Crippen molar-refractivity contribution in [1.82, 2.24) is 0 Å². The molecule has 2 aromatic rings. The number of hydrogen-bond acceptors (Lipinski definition) is 2. The Hall–Kier alpha value is -1.42. The van der Waals surface area contributed by atoms with Crippen molar-refractivity contribution in [2.75, 3.05) is 6.61 Å². The molecule has 0 heterocycles. The molecule has 0 aromatic heterocycles. The van der Waals surface area contributed by atoms with Crippen molar-refractivity contribution in [3.05, 3.63) is 60.7 Å². The maximum absolute atomic E-state index is 7.14. The lowest BCUT2D eigenvalue weighted by Gasteiger charge is -2.35. The van der Waals surface area contributed by atoms with Crippen molar-refractivity contribution in [1.29, 1.82) is 0 Å². The molecule has 0 saturated carbocycles. The monoisotopic (exact) mass is 566 g/mol. The minimum absolute atomic E-state index is 0.243. The lowest BCUT2D eigenvalue weighted by atomic mass is 10.0. The van der Waals surface area contributed by atoms with E-state index in [4.69, 9.17) is 8.85 Å². The summed E-state index contributed by atoms with van der Waals surface area (Å²) in [4.78, 5) is 0. The third-order valence-corrected chi connectivity index (χ3v) is 11.6. The second-order valence-electron chi connectivity index (χ2n) is 11.8. The van der Waals surface area contributed by atoms with Crippen LogP contribution in [0.5, 0.6) is 0 Å². The number of unbranched alkanes of at least 4 members (excludes halogenated alkanes) is 15. The van der Waals surface area contributed by atoms with Gasteiger partial charge in [-0.3, -0.25) is 0 Å². The zero-order valence-electron chi connectivity index (χ0n) is 26.5. The van der Waals surface area contributed by atoms with Crippen LogP contribution in [0, 0.1) is 0 Å². The van der Waals surface area contributed by atoms with E-state index < -0.39 is 8.56 Å². The summed E-state index contributed by atoms with van der Waals surface area (Å²) in [7, 11) is -2.79. The van der Waals surface area contributed by atoms with E-state index in [2.05, 4.69) is 81.4 Å². The SMILES string of the molecule is CCCCCCCCCCCCCCCCCCO[Si](OC(CCC)CCC)(c1ccccc1)c1ccccc1. The lowest BCUT2D eigenvalue weighted by Crippen LogP contribution is -2.64. The van der Waals surface area contributed by atoms with Crippen LogP contribution in [0.3, 0.4) is 0 Å². The standard InChI is InChI=1S/C37H62O2Si/c1-4-7-8-9-10-11-12-13-14-15-16-17-18-19-20-27-34-38-40(36-30-23-21-24-31-36,37-32-25-22-26-33-37)39-35(28-5-2)29-6-3/h21-26,30-33,35H,4-20,27-29,34H2,1-3H3. The lowest BCUT2D eigenvalue weighted by molar-refractivity contribution is 0.115. The zero-order valence-corrected chi connectivity index (χ0v) is 27.5. The Labute approximate surface area is 249 Å². The first-order chi connectivity index (χ1) is 19.8. The van der Waals surface area contributed by atoms with Gasteiger partial charge in [-0.1, -0.05) is 191 Å². The first-order valence-electron chi connectivity index (χ1n) is 17.2. The van der Waals surface area contributed by atoms with Crippen LogP contribution in [0.25, 0.3) is 0 Å². The second-order valence-corrected chi connectivity index (χ2v) is 14.7. The molecule has 0 aliphatic heterocycles. The molecule has 2 aromatic carbocycles. The van der Waals surface area contributed by atoms with Crippen LogP contribution in [-0.4, -0.2) is 21.3 Å². The number of hydrogen-bond donors (Lipinski definition) is 0. The van der Waals surface area contributed by atoms with Gasteiger partial charge in [0.05, 0.1) is 0 Å². The molecule has 0 bridgehead atoms. The van der Waals surface area contributed by atoms with E-state index in [0.717, 1.165) is 38.7 Å². The minimum atomic E-state index is -2.79. The van der Waals surface area contributed by atoms with Crippen LogP contribution in [0.4, 0.5) is 0 Å². The van der Waals surface area contributed by atoms with Crippen LogP contribution in [-0.2, 0) is 8.85 Å². The van der Waals surface area contributed by atoms with Gasteiger partial charge in [0.1, 0.15) is 0 Å². The van der Waals surface area contributed by atoms with E-state index in [1.54, 1.807) is 0 Å². The maximum atomic E-state index is 7.14. The molecule has 0 fully saturated rings. The summed E-state index contributed by atoms with van der Waals surface area (Å²) in [5, 5.41) is 2.46. The maximum Gasteiger partial charge on any atom is 0.407 e. The predicted octanol–water partition coefficient (Wildman–Crippen LogP) is 10.5. The highest BCUT2D eigenvalue weighted by Gasteiger charge is 2.44. The third kappa shape index (κ3) is 14.0. The van der Waals surface area contributed by atoms with Gasteiger partial charge in [-0.15, -0.1) is 0 Å². The second kappa shape index (κ2) is 23.2. The smallest absolute Gasteiger partial charge is 0.388 e. The molecular formula is C37H62O2Si. The summed E-state index contributed by atoms with van der Waals surface area (Å²) >= 11 is 0. The van der Waals surface area contributed by atoms with Crippen molar-refractivity contribution >= 4 is 18.9 Å². The molecule has 0 amide bonds. The van der Waals surface area contributed by atoms with Crippen molar-refractivity contribution in [3.8, 4) is 0 Å². The van der Waals surface area contributed by atoms with Crippen LogP contribution < -0.4 is 10.4 Å². The van der Waals surface area contributed by atoms with Crippen molar-refractivity contribution in [2.45, 2.75) is 155 Å². The fourth-order valence-electron chi connectivity index (χ4n) is 5.83. The first-order valence-corrected chi connectivity index (χ1v) is 19.0. The average molecular weight is 567 g/mol. The van der Waals surface area contributed by atoms with E-state index >= 15 is 0 Å². The van der Waals surface area contributed by atoms with Gasteiger partial charge in [0.25, 0.3) is 0 Å². The summed E-state index contributed by atoms with van der Waals surface area (Å²) in [5.41, 5.74) is 0. The van der Waals surface area contributed by atoms with E-state index in [0.29, 0.717) is 0 Å². The number of rotatable bonds is 26. The van der Waals surface area contributed by atoms with Crippen LogP contribution in [0.1, 0.15) is 149 Å². The van der Waals surface area contributed by atoms with Crippen LogP contribution >= 0.6 is 0 Å². The van der Waals surface area contributed by atoms with Gasteiger partial charge in [0, 0.05) is 12.7 Å². The van der Waals surface area contributed by atoms with Gasteiger partial charge in [-0.2, -0.15) is 0 Å². The fourth-order valence-corrected chi connectivity index (χ4v) is 9.23. The Morgan fingerprint density at radius 3 is 1.23 bits per heavy atom. The van der Waals surface area contributed by atoms with Crippen LogP contribution in [0.15, 0.2) is 60.7 Å². The quantitative estimate of drug-likeness (QED) is 0.0833. The van der Waals surface area contributed by atoms with Crippen LogP contribution in [0.2, 0.25) is 0 Å². The predicted molar refractivity (Wildman–Crippen MR) is 178 cm³/mol. The molecule has 40 heavy (non-hydrogen) atoms. The Kier molecular flexibility index (Phi) is 20.1. The molecule has 3 heteroatoms. The highest BCUT2D eigenvalue weighted by molar-refractivity contribution is 6.92. The van der Waals surface area contributed by atoms with Gasteiger partial charge in [-0.25, -0.2) is 0 Å². The van der Waals surface area contributed by atoms with Crippen molar-refractivity contribution < 1.29 is 8.85 Å². The summed E-state index contributed by atoms with van der Waals surface area (Å²) < 4.78 is 14.1. The van der Waals surface area contributed by atoms with E-state index in [9.17, 15) is 0 Å². The molecule has 0 atom stereocenters. The molecule has 0 aliphatic carbocycles. The Morgan fingerprint density at radius 2 is 0.850 bits per heavy atom. The molecule has 226 valence electrons. The third-order valence-electron chi connectivity index (χ3n) is 8.16. The Balaban J connectivity index is 1.76. The Bertz CT molecular complexity index is 764. The van der Waals surface area contributed by atoms with Crippen molar-refractivity contribution in [3.63, 3.8) is 0 Å². The highest BCUT2D eigenvalue weighted by Crippen LogP contribution is 2.20. The molecule has 0 spiro atoms. The average Bonchev–Trinajstić information content (AvgIpc) is 2.99. The molecule has 0 unspecified atom stereocenters. The van der Waals surface area contributed by atoms with E-state index in [-0.39, 0.29) is 6.10 Å². The van der Waals surface area contributed by atoms with Gasteiger partial charge >= 0.3 is 8.56 Å². The summed E-state index contributed by atoms with van der Waals surface area (Å²) in [5.74, 6) is 0. The topological polar surface area (TPSA) is 18.5 Å². The van der Waals surface area contributed by atoms with Gasteiger partial charge < -0.3 is 8.85 Å². The molecule has 0 aliphatic rings. The van der Waals surface area contributed by atoms with E-state index in [1.165, 1.54) is 107 Å². The summed E-state index contributed by atoms with van der Waals surface area (Å²) in [6, 6.07) is 21.6. The normalized spacial score (nSPS) is 11.9. The number of benzene rings is 2. The summed E-state index contributed by atoms with van der Waals surface area (Å²) in [6.45, 7) is 7.60. The molecule has 2 nitrogen and oxygen atoms in total. The molecule has 0 N–H and O–H groups in total. The van der Waals surface area contributed by atoms with Gasteiger partial charge in [0.15, 0.2) is 0 Å². The molecule has 0 radical (unpaired) electrons. The van der Waals surface area contributed by atoms with Gasteiger partial charge in [0.2, 0.25) is 0 Å². The highest BCUT2D eigenvalue weighted by atomic mass is 28.4. The Morgan fingerprint density at radius 1 is 0.475 bits per heavy atom. The van der Waals surface area contributed by atoms with Crippen molar-refractivity contribution in [2.24, 2.45) is 0 Å². The van der Waals surface area contributed by atoms with Gasteiger partial charge in [-0.05, 0) is 29.6 Å². The zero-order chi connectivity index (χ0) is 28.6. The fraction of sp³-hybridized carbons (Fsp3) is 0.676. The molecule has 2 rings (SSSR count). The first kappa shape index (κ1) is 34.8. The molecular weight excluding hydrogens is 504 g/mol. The largest absolute Gasteiger partial charge is 0.407 e. The van der Waals surface area contributed by atoms with E-state index in [1.807, 2.05) is 0 Å². The molecule has 0 saturated heterocycles. The minimum Gasteiger partial charge on any atom is -0.388 e. The summed E-state index contributed by atoms with van der Waals surface area (Å²) in [6.07, 6.45) is 26.9.